The van der Waals surface area contributed by atoms with Gasteiger partial charge in [0.25, 0.3) is 5.91 Å². The topological polar surface area (TPSA) is 61.9 Å². The highest BCUT2D eigenvalue weighted by Gasteiger charge is 2.33. The van der Waals surface area contributed by atoms with Gasteiger partial charge in [-0.1, -0.05) is 6.92 Å². The minimum Gasteiger partial charge on any atom is -0.368 e. The first-order valence-corrected chi connectivity index (χ1v) is 9.99. The molecule has 3 rings (SSSR count). The average Bonchev–Trinajstić information content (AvgIpc) is 3.17. The molecule has 2 heterocycles. The number of hydrogen-bond donors (Lipinski definition) is 1. The number of rotatable bonds is 4. The van der Waals surface area contributed by atoms with Gasteiger partial charge in [0.05, 0.1) is 6.04 Å². The Labute approximate surface area is 151 Å². The summed E-state index contributed by atoms with van der Waals surface area (Å²) in [5, 5.41) is 3.23. The molecule has 0 bridgehead atoms. The molecule has 2 amide bonds. The van der Waals surface area contributed by atoms with Crippen LogP contribution in [0.3, 0.4) is 0 Å². The molecule has 0 radical (unpaired) electrons. The van der Waals surface area contributed by atoms with Crippen LogP contribution in [-0.2, 0) is 14.3 Å². The molecule has 0 aromatic rings. The van der Waals surface area contributed by atoms with E-state index in [0.29, 0.717) is 25.7 Å². The highest BCUT2D eigenvalue weighted by molar-refractivity contribution is 5.82. The lowest BCUT2D eigenvalue weighted by atomic mass is 9.87. The maximum Gasteiger partial charge on any atom is 0.251 e. The number of nitrogens with one attached hydrogen (secondary N) is 1. The van der Waals surface area contributed by atoms with Gasteiger partial charge in [-0.3, -0.25) is 14.5 Å². The molecule has 6 nitrogen and oxygen atoms in total. The summed E-state index contributed by atoms with van der Waals surface area (Å²) in [6.07, 6.45) is 6.21. The third-order valence-electron chi connectivity index (χ3n) is 6.12. The molecule has 25 heavy (non-hydrogen) atoms. The van der Waals surface area contributed by atoms with Crippen molar-refractivity contribution < 1.29 is 14.3 Å². The summed E-state index contributed by atoms with van der Waals surface area (Å²) in [6.45, 7) is 7.88. The minimum absolute atomic E-state index is 0.126. The lowest BCUT2D eigenvalue weighted by Crippen LogP contribution is -2.57. The molecule has 3 aliphatic rings. The number of piperazine rings is 1. The molecule has 2 unspecified atom stereocenters. The quantitative estimate of drug-likeness (QED) is 0.831. The molecule has 0 spiro atoms. The number of hydrogen-bond acceptors (Lipinski definition) is 4. The van der Waals surface area contributed by atoms with Gasteiger partial charge in [0.2, 0.25) is 5.91 Å². The van der Waals surface area contributed by atoms with Crippen molar-refractivity contribution in [1.29, 1.82) is 0 Å². The van der Waals surface area contributed by atoms with Crippen molar-refractivity contribution in [2.75, 3.05) is 32.8 Å². The second-order valence-corrected chi connectivity index (χ2v) is 8.00. The van der Waals surface area contributed by atoms with Gasteiger partial charge in [0.1, 0.15) is 6.10 Å². The Morgan fingerprint density at radius 1 is 1.04 bits per heavy atom. The normalized spacial score (nSPS) is 32.4. The van der Waals surface area contributed by atoms with Gasteiger partial charge in [-0.2, -0.15) is 0 Å². The first-order chi connectivity index (χ1) is 12.0. The van der Waals surface area contributed by atoms with Crippen molar-refractivity contribution >= 4 is 11.8 Å². The van der Waals surface area contributed by atoms with Crippen LogP contribution >= 0.6 is 0 Å². The summed E-state index contributed by atoms with van der Waals surface area (Å²) in [6, 6.07) is 0.216. The fourth-order valence-corrected chi connectivity index (χ4v) is 4.20. The monoisotopic (exact) mass is 351 g/mol. The van der Waals surface area contributed by atoms with Crippen molar-refractivity contribution in [3.8, 4) is 0 Å². The largest absolute Gasteiger partial charge is 0.368 e. The van der Waals surface area contributed by atoms with Crippen molar-refractivity contribution in [2.24, 2.45) is 5.92 Å². The zero-order valence-corrected chi connectivity index (χ0v) is 15.7. The Bertz CT molecular complexity index is 463. The Hall–Kier alpha value is -1.14. The number of nitrogens with zero attached hydrogens (tertiary/aromatic N) is 2. The summed E-state index contributed by atoms with van der Waals surface area (Å²) in [4.78, 5) is 29.1. The minimum atomic E-state index is -0.235. The number of carbonyl (C=O) groups is 2. The molecule has 0 aromatic carbocycles. The van der Waals surface area contributed by atoms with Gasteiger partial charge in [0.15, 0.2) is 0 Å². The molecule has 3 fully saturated rings. The smallest absolute Gasteiger partial charge is 0.251 e. The van der Waals surface area contributed by atoms with Crippen LogP contribution in [0, 0.1) is 5.92 Å². The summed E-state index contributed by atoms with van der Waals surface area (Å²) >= 11 is 0. The zero-order valence-electron chi connectivity index (χ0n) is 15.7. The third kappa shape index (κ3) is 4.73. The molecule has 2 atom stereocenters. The summed E-state index contributed by atoms with van der Waals surface area (Å²) < 4.78 is 5.50. The first-order valence-electron chi connectivity index (χ1n) is 9.99. The van der Waals surface area contributed by atoms with E-state index >= 15 is 0 Å². The molecule has 142 valence electrons. The van der Waals surface area contributed by atoms with E-state index in [2.05, 4.69) is 17.1 Å². The van der Waals surface area contributed by atoms with Gasteiger partial charge in [-0.15, -0.1) is 0 Å². The fraction of sp³-hybridized carbons (Fsp3) is 0.895. The molecular weight excluding hydrogens is 318 g/mol. The molecule has 0 aromatic heterocycles. The van der Waals surface area contributed by atoms with Gasteiger partial charge < -0.3 is 15.0 Å². The maximum atomic E-state index is 12.6. The van der Waals surface area contributed by atoms with Crippen LogP contribution < -0.4 is 5.32 Å². The lowest BCUT2D eigenvalue weighted by Gasteiger charge is -2.38. The summed E-state index contributed by atoms with van der Waals surface area (Å²) in [5.41, 5.74) is 0. The van der Waals surface area contributed by atoms with Crippen LogP contribution in [-0.4, -0.2) is 72.6 Å². The predicted molar refractivity (Wildman–Crippen MR) is 96.2 cm³/mol. The Kier molecular flexibility index (Phi) is 6.34. The van der Waals surface area contributed by atoms with Crippen LogP contribution in [0.5, 0.6) is 0 Å². The van der Waals surface area contributed by atoms with E-state index in [1.54, 1.807) is 0 Å². The van der Waals surface area contributed by atoms with E-state index in [1.807, 2.05) is 11.8 Å². The van der Waals surface area contributed by atoms with Crippen molar-refractivity contribution in [2.45, 2.75) is 70.6 Å². The van der Waals surface area contributed by atoms with E-state index in [9.17, 15) is 9.59 Å². The third-order valence-corrected chi connectivity index (χ3v) is 6.12. The van der Waals surface area contributed by atoms with Crippen LogP contribution in [0.15, 0.2) is 0 Å². The SMILES string of the molecule is CC1CCC(NC(=O)C(C)N2CCN(C(=O)C3CCCO3)CC2)CC1. The zero-order chi connectivity index (χ0) is 17.8. The summed E-state index contributed by atoms with van der Waals surface area (Å²) in [7, 11) is 0. The van der Waals surface area contributed by atoms with E-state index < -0.39 is 0 Å². The van der Waals surface area contributed by atoms with Crippen molar-refractivity contribution in [3.05, 3.63) is 0 Å². The second-order valence-electron chi connectivity index (χ2n) is 8.00. The van der Waals surface area contributed by atoms with Crippen LogP contribution in [0.4, 0.5) is 0 Å². The molecule has 1 saturated carbocycles. The van der Waals surface area contributed by atoms with Crippen LogP contribution in [0.2, 0.25) is 0 Å². The molecule has 6 heteroatoms. The molecule has 1 aliphatic carbocycles. The highest BCUT2D eigenvalue weighted by Crippen LogP contribution is 2.23. The van der Waals surface area contributed by atoms with E-state index in [4.69, 9.17) is 4.74 Å². The Morgan fingerprint density at radius 2 is 1.72 bits per heavy atom. The molecule has 2 saturated heterocycles. The second kappa shape index (κ2) is 8.49. The summed E-state index contributed by atoms with van der Waals surface area (Å²) in [5.74, 6) is 1.06. The molecular formula is C19H33N3O3. The standard InChI is InChI=1S/C19H33N3O3/c1-14-5-7-16(8-6-14)20-18(23)15(2)21-9-11-22(12-10-21)19(24)17-4-3-13-25-17/h14-17H,3-13H2,1-2H3,(H,20,23). The van der Waals surface area contributed by atoms with Crippen LogP contribution in [0.1, 0.15) is 52.4 Å². The maximum absolute atomic E-state index is 12.6. The van der Waals surface area contributed by atoms with Gasteiger partial charge in [0, 0.05) is 38.8 Å². The van der Waals surface area contributed by atoms with E-state index in [1.165, 1.54) is 12.8 Å². The Balaban J connectivity index is 1.42. The number of carbonyl (C=O) groups excluding carboxylic acids is 2. The Morgan fingerprint density at radius 3 is 2.32 bits per heavy atom. The van der Waals surface area contributed by atoms with E-state index in [-0.39, 0.29) is 24.0 Å². The van der Waals surface area contributed by atoms with E-state index in [0.717, 1.165) is 44.7 Å². The van der Waals surface area contributed by atoms with Gasteiger partial charge in [-0.25, -0.2) is 0 Å². The predicted octanol–water partition coefficient (Wildman–Crippen LogP) is 1.39. The van der Waals surface area contributed by atoms with Gasteiger partial charge >= 0.3 is 0 Å². The average molecular weight is 351 g/mol. The number of ether oxygens (including phenoxy) is 1. The van der Waals surface area contributed by atoms with Crippen molar-refractivity contribution in [3.63, 3.8) is 0 Å². The lowest BCUT2D eigenvalue weighted by molar-refractivity contribution is -0.143. The van der Waals surface area contributed by atoms with Gasteiger partial charge in [-0.05, 0) is 51.4 Å². The molecule has 1 N–H and O–H groups in total. The molecule has 2 aliphatic heterocycles. The first kappa shape index (κ1) is 18.6. The number of amides is 2. The van der Waals surface area contributed by atoms with Crippen molar-refractivity contribution in [1.82, 2.24) is 15.1 Å². The van der Waals surface area contributed by atoms with Crippen LogP contribution in [0.25, 0.3) is 0 Å². The highest BCUT2D eigenvalue weighted by atomic mass is 16.5. The fourth-order valence-electron chi connectivity index (χ4n) is 4.20.